The molecule has 2 aromatic rings. The number of aryl methyl sites for hydroxylation is 1. The Hall–Kier alpha value is -1.39. The molecule has 4 heteroatoms. The zero-order chi connectivity index (χ0) is 13.2. The molecule has 0 bridgehead atoms. The first-order valence-corrected chi connectivity index (χ1v) is 7.21. The molecule has 1 unspecified atom stereocenters. The second-order valence-electron chi connectivity index (χ2n) is 5.29. The Morgan fingerprint density at radius 3 is 2.84 bits per heavy atom. The van der Waals surface area contributed by atoms with Crippen LogP contribution in [0.2, 0.25) is 0 Å². The molecule has 102 valence electrons. The number of imidazole rings is 1. The Kier molecular flexibility index (Phi) is 3.53. The minimum absolute atomic E-state index is 0.361. The largest absolute Gasteiger partial charge is 0.341 e. The van der Waals surface area contributed by atoms with Crippen molar-refractivity contribution in [3.05, 3.63) is 29.6 Å². The number of hydrogen-bond acceptors (Lipinski definition) is 3. The molecule has 1 aliphatic heterocycles. The summed E-state index contributed by atoms with van der Waals surface area (Å²) in [6, 6.07) is 6.87. The fourth-order valence-corrected chi connectivity index (χ4v) is 2.74. The van der Waals surface area contributed by atoms with Gasteiger partial charge in [-0.05, 0) is 31.0 Å². The first-order valence-electron chi connectivity index (χ1n) is 7.21. The van der Waals surface area contributed by atoms with Gasteiger partial charge in [-0.1, -0.05) is 13.0 Å². The number of fused-ring (bicyclic) bond motifs is 1. The summed E-state index contributed by atoms with van der Waals surface area (Å²) >= 11 is 0. The third kappa shape index (κ3) is 2.51. The van der Waals surface area contributed by atoms with Crippen LogP contribution in [0.15, 0.2) is 18.2 Å². The molecule has 4 nitrogen and oxygen atoms in total. The van der Waals surface area contributed by atoms with Crippen LogP contribution < -0.4 is 5.32 Å². The first kappa shape index (κ1) is 12.6. The van der Waals surface area contributed by atoms with Crippen LogP contribution in [0.4, 0.5) is 0 Å². The van der Waals surface area contributed by atoms with Gasteiger partial charge >= 0.3 is 0 Å². The van der Waals surface area contributed by atoms with Gasteiger partial charge in [0, 0.05) is 26.2 Å². The maximum Gasteiger partial charge on any atom is 0.124 e. The molecule has 1 aliphatic rings. The van der Waals surface area contributed by atoms with Gasteiger partial charge in [0.1, 0.15) is 5.82 Å². The summed E-state index contributed by atoms with van der Waals surface area (Å²) < 4.78 is 0. The van der Waals surface area contributed by atoms with Gasteiger partial charge in [0.2, 0.25) is 0 Å². The lowest BCUT2D eigenvalue weighted by molar-refractivity contribution is 0.180. The van der Waals surface area contributed by atoms with Gasteiger partial charge in [0.15, 0.2) is 0 Å². The zero-order valence-electron chi connectivity index (χ0n) is 11.7. The fraction of sp³-hybridized carbons (Fsp3) is 0.533. The van der Waals surface area contributed by atoms with E-state index in [4.69, 9.17) is 4.98 Å². The molecule has 1 atom stereocenters. The van der Waals surface area contributed by atoms with E-state index in [1.807, 2.05) is 0 Å². The lowest BCUT2D eigenvalue weighted by atomic mass is 10.1. The Morgan fingerprint density at radius 1 is 1.32 bits per heavy atom. The van der Waals surface area contributed by atoms with Crippen LogP contribution in [0.3, 0.4) is 0 Å². The van der Waals surface area contributed by atoms with Crippen LogP contribution in [0.5, 0.6) is 0 Å². The van der Waals surface area contributed by atoms with Crippen molar-refractivity contribution in [2.24, 2.45) is 0 Å². The summed E-state index contributed by atoms with van der Waals surface area (Å²) in [5, 5.41) is 3.39. The van der Waals surface area contributed by atoms with Gasteiger partial charge in [-0.2, -0.15) is 0 Å². The molecule has 0 spiro atoms. The van der Waals surface area contributed by atoms with E-state index in [0.717, 1.165) is 49.5 Å². The van der Waals surface area contributed by atoms with E-state index in [-0.39, 0.29) is 0 Å². The topological polar surface area (TPSA) is 44.0 Å². The van der Waals surface area contributed by atoms with Gasteiger partial charge < -0.3 is 10.3 Å². The molecule has 0 saturated carbocycles. The predicted octanol–water partition coefficient (Wildman–Crippen LogP) is 2.09. The summed E-state index contributed by atoms with van der Waals surface area (Å²) in [7, 11) is 0. The van der Waals surface area contributed by atoms with Crippen LogP contribution in [-0.4, -0.2) is 41.0 Å². The lowest BCUT2D eigenvalue weighted by Gasteiger charge is -2.31. The molecule has 3 rings (SSSR count). The second kappa shape index (κ2) is 5.31. The quantitative estimate of drug-likeness (QED) is 0.886. The molecular formula is C15H22N4. The number of rotatable bonds is 3. The zero-order valence-corrected chi connectivity index (χ0v) is 11.7. The van der Waals surface area contributed by atoms with Gasteiger partial charge in [-0.3, -0.25) is 4.90 Å². The van der Waals surface area contributed by atoms with Crippen LogP contribution in [0.1, 0.15) is 31.3 Å². The molecule has 2 heterocycles. The van der Waals surface area contributed by atoms with E-state index < -0.39 is 0 Å². The van der Waals surface area contributed by atoms with E-state index in [1.54, 1.807) is 0 Å². The van der Waals surface area contributed by atoms with Crippen LogP contribution >= 0.6 is 0 Å². The summed E-state index contributed by atoms with van der Waals surface area (Å²) in [6.45, 7) is 8.76. The fourth-order valence-electron chi connectivity index (χ4n) is 2.74. The molecule has 0 aliphatic carbocycles. The minimum Gasteiger partial charge on any atom is -0.341 e. The van der Waals surface area contributed by atoms with Crippen molar-refractivity contribution in [1.29, 1.82) is 0 Å². The van der Waals surface area contributed by atoms with E-state index in [1.165, 1.54) is 5.56 Å². The Morgan fingerprint density at radius 2 is 2.11 bits per heavy atom. The highest BCUT2D eigenvalue weighted by molar-refractivity contribution is 5.76. The highest BCUT2D eigenvalue weighted by atomic mass is 15.2. The van der Waals surface area contributed by atoms with Crippen LogP contribution in [0.25, 0.3) is 11.0 Å². The van der Waals surface area contributed by atoms with Crippen molar-refractivity contribution in [2.75, 3.05) is 26.2 Å². The maximum absolute atomic E-state index is 4.75. The summed E-state index contributed by atoms with van der Waals surface area (Å²) in [6.07, 6.45) is 1.07. The highest BCUT2D eigenvalue weighted by Crippen LogP contribution is 2.22. The maximum atomic E-state index is 4.75. The molecule has 2 N–H and O–H groups in total. The van der Waals surface area contributed by atoms with Gasteiger partial charge in [-0.25, -0.2) is 4.98 Å². The number of aromatic amines is 1. The Balaban J connectivity index is 1.87. The SMILES string of the molecule is CCc1ccc2nc(C(C)N3CCNCC3)[nH]c2c1. The van der Waals surface area contributed by atoms with Crippen molar-refractivity contribution >= 4 is 11.0 Å². The van der Waals surface area contributed by atoms with E-state index >= 15 is 0 Å². The Labute approximate surface area is 114 Å². The Bertz CT molecular complexity index is 554. The number of piperazine rings is 1. The number of nitrogens with one attached hydrogen (secondary N) is 2. The van der Waals surface area contributed by atoms with Crippen molar-refractivity contribution < 1.29 is 0 Å². The predicted molar refractivity (Wildman–Crippen MR) is 78.3 cm³/mol. The molecule has 1 saturated heterocycles. The summed E-state index contributed by atoms with van der Waals surface area (Å²) in [5.41, 5.74) is 3.60. The first-order chi connectivity index (χ1) is 9.28. The molecule has 1 aromatic carbocycles. The minimum atomic E-state index is 0.361. The molecule has 1 aromatic heterocycles. The van der Waals surface area contributed by atoms with Crippen LogP contribution in [0, 0.1) is 0 Å². The van der Waals surface area contributed by atoms with Crippen LogP contribution in [-0.2, 0) is 6.42 Å². The number of H-pyrrole nitrogens is 1. The highest BCUT2D eigenvalue weighted by Gasteiger charge is 2.20. The van der Waals surface area contributed by atoms with E-state index in [0.29, 0.717) is 6.04 Å². The number of aromatic nitrogens is 2. The van der Waals surface area contributed by atoms with Crippen molar-refractivity contribution in [3.63, 3.8) is 0 Å². The van der Waals surface area contributed by atoms with Crippen molar-refractivity contribution in [1.82, 2.24) is 20.2 Å². The van der Waals surface area contributed by atoms with E-state index in [2.05, 4.69) is 47.2 Å². The lowest BCUT2D eigenvalue weighted by Crippen LogP contribution is -2.44. The van der Waals surface area contributed by atoms with Gasteiger partial charge in [0.25, 0.3) is 0 Å². The molecule has 19 heavy (non-hydrogen) atoms. The van der Waals surface area contributed by atoms with Crippen molar-refractivity contribution in [2.45, 2.75) is 26.3 Å². The average molecular weight is 258 g/mol. The standard InChI is InChI=1S/C15H22N4/c1-3-12-4-5-13-14(10-12)18-15(17-13)11(2)19-8-6-16-7-9-19/h4-5,10-11,16H,3,6-9H2,1-2H3,(H,17,18). The normalized spacial score (nSPS) is 18.8. The second-order valence-corrected chi connectivity index (χ2v) is 5.29. The van der Waals surface area contributed by atoms with Gasteiger partial charge in [-0.15, -0.1) is 0 Å². The van der Waals surface area contributed by atoms with Crippen molar-refractivity contribution in [3.8, 4) is 0 Å². The molecule has 0 radical (unpaired) electrons. The summed E-state index contributed by atoms with van der Waals surface area (Å²) in [5.74, 6) is 1.09. The molecule has 0 amide bonds. The average Bonchev–Trinajstić information content (AvgIpc) is 2.90. The summed E-state index contributed by atoms with van der Waals surface area (Å²) in [4.78, 5) is 10.7. The third-order valence-corrected chi connectivity index (χ3v) is 4.07. The third-order valence-electron chi connectivity index (χ3n) is 4.07. The molecular weight excluding hydrogens is 236 g/mol. The van der Waals surface area contributed by atoms with E-state index in [9.17, 15) is 0 Å². The molecule has 1 fully saturated rings. The smallest absolute Gasteiger partial charge is 0.124 e. The number of nitrogens with zero attached hydrogens (tertiary/aromatic N) is 2. The number of hydrogen-bond donors (Lipinski definition) is 2. The van der Waals surface area contributed by atoms with Gasteiger partial charge in [0.05, 0.1) is 17.1 Å². The monoisotopic (exact) mass is 258 g/mol. The number of benzene rings is 1.